The Hall–Kier alpha value is -1.92. The number of primary amides is 1. The fraction of sp³-hybridized carbons (Fsp3) is 0.500. The molecule has 0 unspecified atom stereocenters. The standard InChI is InChI=1S/C14H18F3N3O/c1-9-2-3-10(14(15,16)17)8-12(9)19-11-4-6-20(7-5-11)13(18)21/h2-3,8,11,19H,4-7H2,1H3,(H2,18,21). The van der Waals surface area contributed by atoms with Crippen LogP contribution < -0.4 is 11.1 Å². The Balaban J connectivity index is 2.05. The molecule has 0 atom stereocenters. The molecule has 0 aromatic heterocycles. The van der Waals surface area contributed by atoms with Gasteiger partial charge in [0.05, 0.1) is 5.56 Å². The highest BCUT2D eigenvalue weighted by Crippen LogP contribution is 2.32. The number of nitrogens with one attached hydrogen (secondary N) is 1. The average molecular weight is 301 g/mol. The fourth-order valence-electron chi connectivity index (χ4n) is 2.42. The number of aryl methyl sites for hydroxylation is 1. The predicted octanol–water partition coefficient (Wildman–Crippen LogP) is 2.97. The van der Waals surface area contributed by atoms with Crippen LogP contribution in [0.4, 0.5) is 23.7 Å². The molecular formula is C14H18F3N3O. The second-order valence-electron chi connectivity index (χ2n) is 5.27. The first-order valence-electron chi connectivity index (χ1n) is 6.76. The highest BCUT2D eigenvalue weighted by Gasteiger charge is 2.31. The molecule has 116 valence electrons. The highest BCUT2D eigenvalue weighted by atomic mass is 19.4. The van der Waals surface area contributed by atoms with Crippen molar-refractivity contribution in [3.05, 3.63) is 29.3 Å². The van der Waals surface area contributed by atoms with Crippen LogP contribution >= 0.6 is 0 Å². The van der Waals surface area contributed by atoms with Crippen molar-refractivity contribution in [2.24, 2.45) is 5.73 Å². The van der Waals surface area contributed by atoms with E-state index in [2.05, 4.69) is 5.32 Å². The van der Waals surface area contributed by atoms with Gasteiger partial charge in [-0.05, 0) is 37.5 Å². The van der Waals surface area contributed by atoms with Gasteiger partial charge in [-0.15, -0.1) is 0 Å². The van der Waals surface area contributed by atoms with Crippen molar-refractivity contribution in [2.45, 2.75) is 32.0 Å². The van der Waals surface area contributed by atoms with Crippen LogP contribution in [-0.4, -0.2) is 30.1 Å². The number of nitrogens with two attached hydrogens (primary N) is 1. The van der Waals surface area contributed by atoms with Gasteiger partial charge in [0.1, 0.15) is 0 Å². The minimum absolute atomic E-state index is 0.0442. The molecule has 1 heterocycles. The van der Waals surface area contributed by atoms with Crippen LogP contribution in [0.1, 0.15) is 24.0 Å². The summed E-state index contributed by atoms with van der Waals surface area (Å²) in [6.07, 6.45) is -3.02. The number of hydrogen-bond acceptors (Lipinski definition) is 2. The van der Waals surface area contributed by atoms with E-state index in [1.807, 2.05) is 0 Å². The number of alkyl halides is 3. The van der Waals surface area contributed by atoms with Gasteiger partial charge in [-0.2, -0.15) is 13.2 Å². The van der Waals surface area contributed by atoms with E-state index in [0.717, 1.165) is 17.7 Å². The Bertz CT molecular complexity index is 523. The van der Waals surface area contributed by atoms with Crippen LogP contribution in [0, 0.1) is 6.92 Å². The fourth-order valence-corrected chi connectivity index (χ4v) is 2.42. The van der Waals surface area contributed by atoms with Gasteiger partial charge in [-0.25, -0.2) is 4.79 Å². The topological polar surface area (TPSA) is 58.4 Å². The van der Waals surface area contributed by atoms with E-state index in [4.69, 9.17) is 5.73 Å². The third kappa shape index (κ3) is 3.80. The van der Waals surface area contributed by atoms with E-state index in [-0.39, 0.29) is 6.04 Å². The number of piperidine rings is 1. The summed E-state index contributed by atoms with van der Waals surface area (Å²) >= 11 is 0. The van der Waals surface area contributed by atoms with Crippen molar-refractivity contribution < 1.29 is 18.0 Å². The van der Waals surface area contributed by atoms with Crippen molar-refractivity contribution in [1.82, 2.24) is 4.90 Å². The zero-order chi connectivity index (χ0) is 15.6. The normalized spacial score (nSPS) is 16.9. The lowest BCUT2D eigenvalue weighted by Gasteiger charge is -2.32. The Labute approximate surface area is 121 Å². The Kier molecular flexibility index (Phi) is 4.29. The van der Waals surface area contributed by atoms with Gasteiger partial charge in [0, 0.05) is 24.8 Å². The number of carbonyl (C=O) groups excluding carboxylic acids is 1. The third-order valence-corrected chi connectivity index (χ3v) is 3.73. The molecule has 1 aromatic carbocycles. The largest absolute Gasteiger partial charge is 0.416 e. The Morgan fingerprint density at radius 2 is 1.95 bits per heavy atom. The zero-order valence-corrected chi connectivity index (χ0v) is 11.7. The maximum atomic E-state index is 12.7. The molecule has 0 aliphatic carbocycles. The Morgan fingerprint density at radius 1 is 1.33 bits per heavy atom. The second kappa shape index (κ2) is 5.83. The molecule has 1 aliphatic rings. The minimum atomic E-state index is -4.35. The molecule has 21 heavy (non-hydrogen) atoms. The second-order valence-corrected chi connectivity index (χ2v) is 5.27. The first kappa shape index (κ1) is 15.5. The number of hydrogen-bond donors (Lipinski definition) is 2. The maximum absolute atomic E-state index is 12.7. The van der Waals surface area contributed by atoms with Gasteiger partial charge in [0.2, 0.25) is 0 Å². The van der Waals surface area contributed by atoms with Crippen molar-refractivity contribution in [1.29, 1.82) is 0 Å². The molecule has 0 saturated carbocycles. The number of likely N-dealkylation sites (tertiary alicyclic amines) is 1. The lowest BCUT2D eigenvalue weighted by molar-refractivity contribution is -0.137. The number of carbonyl (C=O) groups is 1. The molecule has 3 N–H and O–H groups in total. The van der Waals surface area contributed by atoms with Crippen LogP contribution in [0.15, 0.2) is 18.2 Å². The molecule has 1 aromatic rings. The summed E-state index contributed by atoms with van der Waals surface area (Å²) in [5.41, 5.74) is 5.79. The lowest BCUT2D eigenvalue weighted by atomic mass is 10.0. The van der Waals surface area contributed by atoms with Gasteiger partial charge in [0.15, 0.2) is 0 Å². The van der Waals surface area contributed by atoms with Crippen LogP contribution in [0.2, 0.25) is 0 Å². The third-order valence-electron chi connectivity index (χ3n) is 3.73. The van der Waals surface area contributed by atoms with E-state index < -0.39 is 17.8 Å². The summed E-state index contributed by atoms with van der Waals surface area (Å²) in [4.78, 5) is 12.6. The first-order valence-corrected chi connectivity index (χ1v) is 6.76. The minimum Gasteiger partial charge on any atom is -0.382 e. The molecule has 2 amide bonds. The number of rotatable bonds is 2. The summed E-state index contributed by atoms with van der Waals surface area (Å²) in [5, 5.41) is 3.14. The Morgan fingerprint density at radius 3 is 2.48 bits per heavy atom. The van der Waals surface area contributed by atoms with Gasteiger partial charge in [-0.1, -0.05) is 6.07 Å². The van der Waals surface area contributed by atoms with Crippen molar-refractivity contribution in [2.75, 3.05) is 18.4 Å². The molecule has 1 fully saturated rings. The van der Waals surface area contributed by atoms with Crippen LogP contribution in [0.25, 0.3) is 0 Å². The van der Waals surface area contributed by atoms with E-state index in [1.165, 1.54) is 11.0 Å². The average Bonchev–Trinajstić information content (AvgIpc) is 2.40. The van der Waals surface area contributed by atoms with Gasteiger partial charge in [-0.3, -0.25) is 0 Å². The zero-order valence-electron chi connectivity index (χ0n) is 11.7. The number of nitrogens with zero attached hydrogens (tertiary/aromatic N) is 1. The summed E-state index contributed by atoms with van der Waals surface area (Å²) in [6, 6.07) is 3.27. The summed E-state index contributed by atoms with van der Waals surface area (Å²) < 4.78 is 38.2. The van der Waals surface area contributed by atoms with Crippen molar-refractivity contribution >= 4 is 11.7 Å². The molecule has 1 saturated heterocycles. The monoisotopic (exact) mass is 301 g/mol. The predicted molar refractivity (Wildman–Crippen MR) is 74.0 cm³/mol. The molecule has 0 bridgehead atoms. The molecular weight excluding hydrogens is 283 g/mol. The number of anilines is 1. The summed E-state index contributed by atoms with van der Waals surface area (Å²) in [7, 11) is 0. The first-order chi connectivity index (χ1) is 9.77. The SMILES string of the molecule is Cc1ccc(C(F)(F)F)cc1NC1CCN(C(N)=O)CC1. The van der Waals surface area contributed by atoms with Gasteiger partial charge >= 0.3 is 12.2 Å². The van der Waals surface area contributed by atoms with Crippen molar-refractivity contribution in [3.63, 3.8) is 0 Å². The molecule has 0 radical (unpaired) electrons. The van der Waals surface area contributed by atoms with Gasteiger partial charge in [0.25, 0.3) is 0 Å². The molecule has 7 heteroatoms. The number of benzene rings is 1. The quantitative estimate of drug-likeness (QED) is 0.882. The van der Waals surface area contributed by atoms with Crippen LogP contribution in [0.5, 0.6) is 0 Å². The van der Waals surface area contributed by atoms with Gasteiger partial charge < -0.3 is 16.0 Å². The number of halogens is 3. The molecule has 2 rings (SSSR count). The maximum Gasteiger partial charge on any atom is 0.416 e. The van der Waals surface area contributed by atoms with E-state index in [1.54, 1.807) is 6.92 Å². The molecule has 4 nitrogen and oxygen atoms in total. The van der Waals surface area contributed by atoms with E-state index in [9.17, 15) is 18.0 Å². The summed E-state index contributed by atoms with van der Waals surface area (Å²) in [6.45, 7) is 2.80. The summed E-state index contributed by atoms with van der Waals surface area (Å²) in [5.74, 6) is 0. The van der Waals surface area contributed by atoms with Crippen molar-refractivity contribution in [3.8, 4) is 0 Å². The van der Waals surface area contributed by atoms with E-state index >= 15 is 0 Å². The smallest absolute Gasteiger partial charge is 0.382 e. The lowest BCUT2D eigenvalue weighted by Crippen LogP contribution is -2.44. The molecule has 0 spiro atoms. The van der Waals surface area contributed by atoms with Crippen LogP contribution in [-0.2, 0) is 6.18 Å². The van der Waals surface area contributed by atoms with E-state index in [0.29, 0.717) is 31.6 Å². The molecule has 1 aliphatic heterocycles. The number of urea groups is 1. The van der Waals surface area contributed by atoms with Crippen LogP contribution in [0.3, 0.4) is 0 Å². The highest BCUT2D eigenvalue weighted by molar-refractivity contribution is 5.72. The number of amides is 2.